The molecule has 0 heterocycles. The van der Waals surface area contributed by atoms with E-state index in [0.29, 0.717) is 138 Å². The third-order valence-electron chi connectivity index (χ3n) is 4.95. The van der Waals surface area contributed by atoms with Gasteiger partial charge in [0.05, 0.1) is 132 Å². The Morgan fingerprint density at radius 1 is 0.366 bits per heavy atom. The monoisotopic (exact) mass is 703 g/mol. The third-order valence-corrected chi connectivity index (χ3v) is 5.39. The Bertz CT molecular complexity index is 646. The number of anilines is 1. The van der Waals surface area contributed by atoms with Gasteiger partial charge in [0.25, 0.3) is 0 Å². The van der Waals surface area contributed by atoms with Crippen LogP contribution in [0.5, 0.6) is 5.75 Å². The van der Waals surface area contributed by atoms with Crippen molar-refractivity contribution in [3.05, 3.63) is 24.3 Å². The SMILES string of the molecule is Nc1ccc(OCCOCCOCCOCCOCCOCCOCCOCCOCCOCCOCCI)cc1. The molecule has 0 aromatic heterocycles. The summed E-state index contributed by atoms with van der Waals surface area (Å²) in [6.07, 6.45) is 0. The summed E-state index contributed by atoms with van der Waals surface area (Å²) in [6.45, 7) is 11.3. The minimum atomic E-state index is 0.478. The van der Waals surface area contributed by atoms with Gasteiger partial charge in [-0.25, -0.2) is 0 Å². The zero-order valence-corrected chi connectivity index (χ0v) is 26.5. The maximum Gasteiger partial charge on any atom is 0.119 e. The van der Waals surface area contributed by atoms with Gasteiger partial charge >= 0.3 is 0 Å². The molecule has 0 bridgehead atoms. The summed E-state index contributed by atoms with van der Waals surface area (Å²) in [5, 5.41) is 0. The number of rotatable bonds is 33. The predicted octanol–water partition coefficient (Wildman–Crippen LogP) is 2.25. The zero-order chi connectivity index (χ0) is 29.3. The summed E-state index contributed by atoms with van der Waals surface area (Å²) in [5.41, 5.74) is 6.35. The van der Waals surface area contributed by atoms with Crippen molar-refractivity contribution in [2.45, 2.75) is 0 Å². The normalized spacial score (nSPS) is 11.3. The van der Waals surface area contributed by atoms with Gasteiger partial charge in [-0.3, -0.25) is 0 Å². The average molecular weight is 704 g/mol. The van der Waals surface area contributed by atoms with Crippen LogP contribution < -0.4 is 10.5 Å². The molecule has 0 saturated heterocycles. The maximum absolute atomic E-state index is 5.64. The van der Waals surface area contributed by atoms with Crippen molar-refractivity contribution in [3.8, 4) is 5.75 Å². The fraction of sp³-hybridized carbons (Fsp3) is 0.786. The van der Waals surface area contributed by atoms with E-state index >= 15 is 0 Å². The van der Waals surface area contributed by atoms with Crippen molar-refractivity contribution >= 4 is 28.3 Å². The zero-order valence-electron chi connectivity index (χ0n) is 24.3. The van der Waals surface area contributed by atoms with Crippen LogP contribution in [-0.4, -0.2) is 143 Å². The van der Waals surface area contributed by atoms with E-state index in [1.165, 1.54) is 0 Å². The number of benzene rings is 1. The Hall–Kier alpha value is -0.850. The highest BCUT2D eigenvalue weighted by molar-refractivity contribution is 14.1. The molecule has 1 aromatic rings. The summed E-state index contributed by atoms with van der Waals surface area (Å²) in [5.74, 6) is 0.774. The van der Waals surface area contributed by atoms with Crippen molar-refractivity contribution in [1.82, 2.24) is 0 Å². The molecule has 13 heteroatoms. The Morgan fingerprint density at radius 3 is 0.878 bits per heavy atom. The lowest BCUT2D eigenvalue weighted by atomic mass is 10.3. The number of halogens is 1. The van der Waals surface area contributed by atoms with E-state index in [4.69, 9.17) is 57.8 Å². The highest BCUT2D eigenvalue weighted by Gasteiger charge is 1.97. The molecule has 0 aliphatic rings. The smallest absolute Gasteiger partial charge is 0.119 e. The van der Waals surface area contributed by atoms with Crippen LogP contribution in [0.15, 0.2) is 24.3 Å². The van der Waals surface area contributed by atoms with Crippen molar-refractivity contribution in [1.29, 1.82) is 0 Å². The average Bonchev–Trinajstić information content (AvgIpc) is 2.98. The van der Waals surface area contributed by atoms with Crippen LogP contribution in [0.25, 0.3) is 0 Å². The van der Waals surface area contributed by atoms with E-state index in [0.717, 1.165) is 16.8 Å². The van der Waals surface area contributed by atoms with E-state index in [9.17, 15) is 0 Å². The van der Waals surface area contributed by atoms with Gasteiger partial charge in [-0.2, -0.15) is 0 Å². The molecule has 1 aromatic carbocycles. The first-order valence-corrected chi connectivity index (χ1v) is 15.7. The fourth-order valence-corrected chi connectivity index (χ4v) is 3.23. The molecule has 0 aliphatic heterocycles. The number of nitrogens with two attached hydrogens (primary N) is 1. The van der Waals surface area contributed by atoms with E-state index in [-0.39, 0.29) is 0 Å². The molecule has 12 nitrogen and oxygen atoms in total. The summed E-state index contributed by atoms with van der Waals surface area (Å²) < 4.78 is 61.0. The lowest BCUT2D eigenvalue weighted by molar-refractivity contribution is -0.0265. The molecule has 2 N–H and O–H groups in total. The van der Waals surface area contributed by atoms with Crippen LogP contribution in [0.3, 0.4) is 0 Å². The minimum Gasteiger partial charge on any atom is -0.491 e. The standard InChI is InChI=1S/C28H50INO11/c29-5-6-31-7-8-32-9-10-33-11-12-34-13-14-35-15-16-36-17-18-37-19-20-38-21-22-39-23-24-40-25-26-41-28-3-1-27(30)2-4-28/h1-4H,5-26,30H2. The molecular weight excluding hydrogens is 653 g/mol. The van der Waals surface area contributed by atoms with Gasteiger partial charge in [0.1, 0.15) is 12.4 Å². The van der Waals surface area contributed by atoms with Crippen molar-refractivity contribution < 1.29 is 52.1 Å². The molecule has 41 heavy (non-hydrogen) atoms. The predicted molar refractivity (Wildman–Crippen MR) is 163 cm³/mol. The van der Waals surface area contributed by atoms with Crippen LogP contribution in [0, 0.1) is 0 Å². The van der Waals surface area contributed by atoms with Gasteiger partial charge in [0.2, 0.25) is 0 Å². The molecule has 0 unspecified atom stereocenters. The number of hydrogen-bond acceptors (Lipinski definition) is 12. The maximum atomic E-state index is 5.64. The van der Waals surface area contributed by atoms with Crippen LogP contribution in [0.2, 0.25) is 0 Å². The molecule has 240 valence electrons. The van der Waals surface area contributed by atoms with Gasteiger partial charge in [0.15, 0.2) is 0 Å². The summed E-state index contributed by atoms with van der Waals surface area (Å²) in [7, 11) is 0. The van der Waals surface area contributed by atoms with Crippen LogP contribution in [0.4, 0.5) is 5.69 Å². The van der Waals surface area contributed by atoms with E-state index in [1.54, 1.807) is 12.1 Å². The van der Waals surface area contributed by atoms with Gasteiger partial charge in [-0.05, 0) is 24.3 Å². The summed E-state index contributed by atoms with van der Waals surface area (Å²) in [4.78, 5) is 0. The Balaban J connectivity index is 1.63. The molecular formula is C28H50INO11. The third kappa shape index (κ3) is 29.0. The minimum absolute atomic E-state index is 0.478. The molecule has 0 amide bonds. The first kappa shape index (κ1) is 38.2. The molecule has 0 radical (unpaired) electrons. The lowest BCUT2D eigenvalue weighted by Crippen LogP contribution is -2.15. The van der Waals surface area contributed by atoms with Crippen molar-refractivity contribution in [2.75, 3.05) is 149 Å². The Morgan fingerprint density at radius 2 is 0.610 bits per heavy atom. The quantitative estimate of drug-likeness (QED) is 0.0500. The van der Waals surface area contributed by atoms with Gasteiger partial charge < -0.3 is 57.8 Å². The first-order chi connectivity index (χ1) is 20.3. The topological polar surface area (TPSA) is 128 Å². The van der Waals surface area contributed by atoms with E-state index in [1.807, 2.05) is 12.1 Å². The molecule has 0 fully saturated rings. The van der Waals surface area contributed by atoms with Gasteiger partial charge in [0, 0.05) is 10.1 Å². The lowest BCUT2D eigenvalue weighted by Gasteiger charge is -2.09. The number of hydrogen-bond donors (Lipinski definition) is 1. The molecule has 0 spiro atoms. The second kappa shape index (κ2) is 32.1. The highest BCUT2D eigenvalue weighted by Crippen LogP contribution is 2.12. The molecule has 0 saturated carbocycles. The fourth-order valence-electron chi connectivity index (χ4n) is 2.92. The Kier molecular flexibility index (Phi) is 29.9. The van der Waals surface area contributed by atoms with E-state index in [2.05, 4.69) is 22.6 Å². The van der Waals surface area contributed by atoms with Crippen LogP contribution >= 0.6 is 22.6 Å². The van der Waals surface area contributed by atoms with Crippen molar-refractivity contribution in [3.63, 3.8) is 0 Å². The Labute approximate surface area is 258 Å². The number of ether oxygens (including phenoxy) is 11. The van der Waals surface area contributed by atoms with Crippen LogP contribution in [-0.2, 0) is 47.4 Å². The second-order valence-electron chi connectivity index (χ2n) is 8.23. The van der Waals surface area contributed by atoms with Crippen molar-refractivity contribution in [2.24, 2.45) is 0 Å². The number of nitrogen functional groups attached to an aromatic ring is 1. The van der Waals surface area contributed by atoms with E-state index < -0.39 is 0 Å². The second-order valence-corrected chi connectivity index (χ2v) is 9.31. The summed E-state index contributed by atoms with van der Waals surface area (Å²) in [6, 6.07) is 7.27. The summed E-state index contributed by atoms with van der Waals surface area (Å²) >= 11 is 2.28. The molecule has 1 rings (SSSR count). The number of alkyl halides is 1. The molecule has 0 aliphatic carbocycles. The highest BCUT2D eigenvalue weighted by atomic mass is 127. The molecule has 0 atom stereocenters. The van der Waals surface area contributed by atoms with Gasteiger partial charge in [-0.15, -0.1) is 0 Å². The largest absolute Gasteiger partial charge is 0.491 e. The van der Waals surface area contributed by atoms with Crippen LogP contribution in [0.1, 0.15) is 0 Å². The first-order valence-electron chi connectivity index (χ1n) is 14.1. The van der Waals surface area contributed by atoms with Gasteiger partial charge in [-0.1, -0.05) is 22.6 Å².